The van der Waals surface area contributed by atoms with Crippen molar-refractivity contribution in [3.63, 3.8) is 0 Å². The summed E-state index contributed by atoms with van der Waals surface area (Å²) in [4.78, 5) is 2.34. The Morgan fingerprint density at radius 1 is 0.641 bits per heavy atom. The molecule has 5 heterocycles. The summed E-state index contributed by atoms with van der Waals surface area (Å²) in [6.07, 6.45) is 1.74. The third-order valence-corrected chi connectivity index (χ3v) is 8.42. The van der Waals surface area contributed by atoms with Crippen molar-refractivity contribution in [3.8, 4) is 34.3 Å². The van der Waals surface area contributed by atoms with Crippen LogP contribution in [0, 0.1) is 0 Å². The average molecular weight is 508 g/mol. The molecule has 0 radical (unpaired) electrons. The number of benzene rings is 4. The van der Waals surface area contributed by atoms with Crippen LogP contribution in [0.1, 0.15) is 23.6 Å². The summed E-state index contributed by atoms with van der Waals surface area (Å²) in [5.74, 6) is 4.10. The first kappa shape index (κ1) is 21.0. The van der Waals surface area contributed by atoms with Gasteiger partial charge in [-0.25, -0.2) is 0 Å². The molecule has 2 atom stereocenters. The number of hydrogen-bond donors (Lipinski definition) is 0. The Kier molecular flexibility index (Phi) is 3.92. The van der Waals surface area contributed by atoms with Gasteiger partial charge in [-0.3, -0.25) is 4.90 Å². The van der Waals surface area contributed by atoms with Gasteiger partial charge < -0.3 is 14.2 Å². The third kappa shape index (κ3) is 2.52. The largest absolute Gasteiger partial charge is 0.459 e. The number of anilines is 1. The van der Waals surface area contributed by atoms with Crippen LogP contribution in [-0.4, -0.2) is 6.23 Å². The molecule has 4 aromatic carbocycles. The quantitative estimate of drug-likeness (QED) is 0.237. The number of ether oxygens (including phenoxy) is 3. The zero-order valence-electron chi connectivity index (χ0n) is 21.2. The highest BCUT2D eigenvalue weighted by molar-refractivity contribution is 5.83. The molecule has 0 aliphatic carbocycles. The number of aromatic nitrogens is 1. The second-order valence-corrected chi connectivity index (χ2v) is 10.4. The molecule has 1 spiro atoms. The molecule has 5 aromatic rings. The molecule has 0 saturated heterocycles. The van der Waals surface area contributed by atoms with Crippen LogP contribution >= 0.6 is 0 Å². The minimum Gasteiger partial charge on any atom is -0.459 e. The van der Waals surface area contributed by atoms with Crippen LogP contribution in [0.2, 0.25) is 0 Å². The van der Waals surface area contributed by atoms with Crippen LogP contribution < -0.4 is 18.9 Å². The van der Waals surface area contributed by atoms with Gasteiger partial charge in [0.2, 0.25) is 0 Å². The summed E-state index contributed by atoms with van der Waals surface area (Å²) in [6, 6.07) is 37.5. The lowest BCUT2D eigenvalue weighted by molar-refractivity contribution is -0.756. The SMILES string of the molecule is CC1=C(c2ccc(-c3ccccc3)cc2)OC2N1c1cccc3c1C21c2c(cccc2Oc2cccc[n+]21)O3. The number of rotatable bonds is 2. The lowest BCUT2D eigenvalue weighted by Crippen LogP contribution is -2.66. The van der Waals surface area contributed by atoms with Gasteiger partial charge in [0.25, 0.3) is 11.8 Å². The van der Waals surface area contributed by atoms with E-state index >= 15 is 0 Å². The number of pyridine rings is 1. The Morgan fingerprint density at radius 2 is 1.31 bits per heavy atom. The van der Waals surface area contributed by atoms with E-state index in [1.807, 2.05) is 42.5 Å². The second kappa shape index (κ2) is 7.29. The van der Waals surface area contributed by atoms with Crippen molar-refractivity contribution in [2.45, 2.75) is 18.7 Å². The van der Waals surface area contributed by atoms with Gasteiger partial charge in [-0.05, 0) is 48.4 Å². The average Bonchev–Trinajstić information content (AvgIpc) is 3.48. The maximum absolute atomic E-state index is 7.07. The Hall–Kier alpha value is -5.03. The van der Waals surface area contributed by atoms with Crippen molar-refractivity contribution < 1.29 is 18.8 Å². The van der Waals surface area contributed by atoms with E-state index in [9.17, 15) is 0 Å². The van der Waals surface area contributed by atoms with Crippen molar-refractivity contribution >= 4 is 11.4 Å². The predicted octanol–water partition coefficient (Wildman–Crippen LogP) is 7.21. The molecule has 1 aromatic heterocycles. The van der Waals surface area contributed by atoms with E-state index in [4.69, 9.17) is 14.2 Å². The molecular weight excluding hydrogens is 484 g/mol. The van der Waals surface area contributed by atoms with Crippen molar-refractivity contribution in [2.75, 3.05) is 4.90 Å². The molecular formula is C34H23N2O3+. The minimum atomic E-state index is -0.683. The van der Waals surface area contributed by atoms with E-state index < -0.39 is 5.54 Å². The smallest absolute Gasteiger partial charge is 0.374 e. The highest BCUT2D eigenvalue weighted by atomic mass is 16.5. The topological polar surface area (TPSA) is 34.8 Å². The Balaban J connectivity index is 1.26. The summed E-state index contributed by atoms with van der Waals surface area (Å²) in [6.45, 7) is 2.15. The molecule has 4 aliphatic heterocycles. The van der Waals surface area contributed by atoms with Crippen LogP contribution in [0.25, 0.3) is 16.9 Å². The summed E-state index contributed by atoms with van der Waals surface area (Å²) < 4.78 is 22.2. The molecule has 0 fully saturated rings. The van der Waals surface area contributed by atoms with E-state index in [0.717, 1.165) is 57.0 Å². The van der Waals surface area contributed by atoms with E-state index in [1.165, 1.54) is 11.1 Å². The van der Waals surface area contributed by atoms with Gasteiger partial charge in [0.15, 0.2) is 6.20 Å². The van der Waals surface area contributed by atoms with Gasteiger partial charge in [0, 0.05) is 11.6 Å². The fourth-order valence-corrected chi connectivity index (χ4v) is 6.85. The number of hydrogen-bond acceptors (Lipinski definition) is 4. The zero-order valence-corrected chi connectivity index (χ0v) is 21.2. The Bertz CT molecular complexity index is 1850. The van der Waals surface area contributed by atoms with Gasteiger partial charge in [-0.2, -0.15) is 0 Å². The van der Waals surface area contributed by atoms with Crippen molar-refractivity contribution in [1.82, 2.24) is 0 Å². The molecule has 186 valence electrons. The van der Waals surface area contributed by atoms with E-state index in [2.05, 4.69) is 89.3 Å². The molecule has 0 amide bonds. The standard InChI is InChI=1S/C34H23N2O3/c1-21-32(24-18-16-23(17-19-24)22-9-3-2-4-10-22)39-33-34-30-25(36(21)33)11-7-12-26(30)37-27-13-8-14-28(31(27)34)38-29-15-5-6-20-35(29)34/h2-20,33H,1H3/q+1. The van der Waals surface area contributed by atoms with E-state index in [0.29, 0.717) is 0 Å². The van der Waals surface area contributed by atoms with Crippen LogP contribution in [0.5, 0.6) is 23.1 Å². The van der Waals surface area contributed by atoms with Gasteiger partial charge in [0.05, 0.1) is 17.5 Å². The maximum atomic E-state index is 7.07. The molecule has 5 heteroatoms. The highest BCUT2D eigenvalue weighted by Crippen LogP contribution is 2.64. The molecule has 0 bridgehead atoms. The first-order chi connectivity index (χ1) is 19.2. The third-order valence-electron chi connectivity index (χ3n) is 8.42. The fraction of sp³-hybridized carbons (Fsp3) is 0.0882. The molecule has 39 heavy (non-hydrogen) atoms. The van der Waals surface area contributed by atoms with E-state index in [1.54, 1.807) is 0 Å². The molecule has 5 nitrogen and oxygen atoms in total. The van der Waals surface area contributed by atoms with E-state index in [-0.39, 0.29) is 6.23 Å². The van der Waals surface area contributed by atoms with Crippen molar-refractivity contribution in [3.05, 3.63) is 138 Å². The number of fused-ring (bicyclic) bond motifs is 3. The Labute approximate surface area is 225 Å². The fourth-order valence-electron chi connectivity index (χ4n) is 6.85. The normalized spacial score (nSPS) is 20.7. The highest BCUT2D eigenvalue weighted by Gasteiger charge is 2.71. The lowest BCUT2D eigenvalue weighted by Gasteiger charge is -2.38. The van der Waals surface area contributed by atoms with Crippen LogP contribution in [0.15, 0.2) is 121 Å². The summed E-state index contributed by atoms with van der Waals surface area (Å²) >= 11 is 0. The van der Waals surface area contributed by atoms with Gasteiger partial charge in [-0.15, -0.1) is 4.57 Å². The van der Waals surface area contributed by atoms with Crippen LogP contribution in [-0.2, 0) is 10.3 Å². The molecule has 0 N–H and O–H groups in total. The monoisotopic (exact) mass is 507 g/mol. The molecule has 0 saturated carbocycles. The number of allylic oxidation sites excluding steroid dienone is 1. The predicted molar refractivity (Wildman–Crippen MR) is 148 cm³/mol. The summed E-state index contributed by atoms with van der Waals surface area (Å²) in [5.41, 5.74) is 7.03. The molecule has 4 aliphatic rings. The second-order valence-electron chi connectivity index (χ2n) is 10.4. The Morgan fingerprint density at radius 3 is 2.13 bits per heavy atom. The van der Waals surface area contributed by atoms with Gasteiger partial charge in [0.1, 0.15) is 34.1 Å². The van der Waals surface area contributed by atoms with Gasteiger partial charge >= 0.3 is 5.88 Å². The first-order valence-corrected chi connectivity index (χ1v) is 13.2. The minimum absolute atomic E-state index is 0.351. The van der Waals surface area contributed by atoms with Crippen LogP contribution in [0.4, 0.5) is 5.69 Å². The van der Waals surface area contributed by atoms with Crippen LogP contribution in [0.3, 0.4) is 0 Å². The molecule has 2 unspecified atom stereocenters. The lowest BCUT2D eigenvalue weighted by atomic mass is 9.78. The number of nitrogens with zero attached hydrogens (tertiary/aromatic N) is 2. The van der Waals surface area contributed by atoms with Crippen molar-refractivity contribution in [2.24, 2.45) is 0 Å². The van der Waals surface area contributed by atoms with Crippen molar-refractivity contribution in [1.29, 1.82) is 0 Å². The summed E-state index contributed by atoms with van der Waals surface area (Å²) in [5, 5.41) is 0. The zero-order chi connectivity index (χ0) is 25.7. The maximum Gasteiger partial charge on any atom is 0.374 e. The van der Waals surface area contributed by atoms with Gasteiger partial charge in [-0.1, -0.05) is 66.7 Å². The summed E-state index contributed by atoms with van der Waals surface area (Å²) in [7, 11) is 0. The first-order valence-electron chi connectivity index (χ1n) is 13.2. The molecule has 9 rings (SSSR count).